The van der Waals surface area contributed by atoms with Crippen LogP contribution in [-0.4, -0.2) is 15.0 Å². The van der Waals surface area contributed by atoms with Crippen LogP contribution in [-0.2, 0) is 5.41 Å². The van der Waals surface area contributed by atoms with Crippen LogP contribution in [0.2, 0.25) is 0 Å². The van der Waals surface area contributed by atoms with E-state index in [1.807, 2.05) is 36.4 Å². The van der Waals surface area contributed by atoms with Crippen molar-refractivity contribution in [3.63, 3.8) is 0 Å². The minimum Gasteiger partial charge on any atom is -0.208 e. The number of rotatable bonds is 4. The summed E-state index contributed by atoms with van der Waals surface area (Å²) in [6.45, 7) is 0. The second kappa shape index (κ2) is 12.4. The average molecular weight is 726 g/mol. The Balaban J connectivity index is 1.20. The Labute approximate surface area is 331 Å². The predicted molar refractivity (Wildman–Crippen MR) is 233 cm³/mol. The van der Waals surface area contributed by atoms with E-state index in [-0.39, 0.29) is 17.3 Å². The number of allylic oxidation sites excluding steroid dienone is 4. The molecule has 8 aromatic carbocycles. The first-order chi connectivity index (χ1) is 28.3. The largest absolute Gasteiger partial charge is 0.208 e. The highest BCUT2D eigenvalue weighted by molar-refractivity contribution is 6.21. The lowest BCUT2D eigenvalue weighted by Crippen LogP contribution is -2.32. The standard InChI is InChI=1S/C54H35N3/c1-3-17-34(18-4-1)51-55-52(35-19-5-2-6-20-35)57-53(56-51)50-44-27-10-8-22-38(44)37-21-7-9-26-43(37)49(50)36-31-32-42-41-25-13-16-30-47(41)54(48(42)33-36)45-28-14-11-23-39(45)40-24-12-15-29-46(40)54/h1-33,41,47H. The van der Waals surface area contributed by atoms with Gasteiger partial charge in [-0.3, -0.25) is 0 Å². The molecule has 0 bridgehead atoms. The van der Waals surface area contributed by atoms with Gasteiger partial charge in [0.25, 0.3) is 0 Å². The number of nitrogens with zero attached hydrogens (tertiary/aromatic N) is 3. The molecule has 9 aromatic rings. The fourth-order valence-electron chi connectivity index (χ4n) is 10.4. The SMILES string of the molecule is C1=CC2c3ccc(-c4c(-c5nc(-c6ccccc6)nc(-c6ccccc6)n5)c5ccccc5c5ccccc45)cc3C3(c4ccccc4-c4ccccc43)C2C=C1. The molecule has 0 radical (unpaired) electrons. The van der Waals surface area contributed by atoms with Gasteiger partial charge in [-0.05, 0) is 66.6 Å². The van der Waals surface area contributed by atoms with Crippen LogP contribution in [0.5, 0.6) is 0 Å². The monoisotopic (exact) mass is 725 g/mol. The Morgan fingerprint density at radius 2 is 0.860 bits per heavy atom. The minimum atomic E-state index is -0.342. The Hall–Kier alpha value is -7.23. The highest BCUT2D eigenvalue weighted by atomic mass is 15.0. The molecule has 0 N–H and O–H groups in total. The number of aromatic nitrogens is 3. The van der Waals surface area contributed by atoms with E-state index in [0.29, 0.717) is 17.5 Å². The molecule has 266 valence electrons. The molecular weight excluding hydrogens is 691 g/mol. The maximum atomic E-state index is 5.36. The number of hydrogen-bond acceptors (Lipinski definition) is 3. The summed E-state index contributed by atoms with van der Waals surface area (Å²) in [6.07, 6.45) is 9.36. The maximum absolute atomic E-state index is 5.36. The predicted octanol–water partition coefficient (Wildman–Crippen LogP) is 13.0. The van der Waals surface area contributed by atoms with E-state index in [2.05, 4.69) is 164 Å². The number of benzene rings is 8. The molecule has 0 aliphatic heterocycles. The summed E-state index contributed by atoms with van der Waals surface area (Å²) in [5.74, 6) is 2.47. The third kappa shape index (κ3) is 4.57. The highest BCUT2D eigenvalue weighted by Crippen LogP contribution is 2.65. The summed E-state index contributed by atoms with van der Waals surface area (Å²) in [5, 5.41) is 4.67. The van der Waals surface area contributed by atoms with Crippen molar-refractivity contribution in [1.82, 2.24) is 15.0 Å². The molecule has 0 fully saturated rings. The number of fused-ring (bicyclic) bond motifs is 13. The van der Waals surface area contributed by atoms with Crippen molar-refractivity contribution in [3.8, 4) is 56.4 Å². The Bertz CT molecular complexity index is 3040. The van der Waals surface area contributed by atoms with E-state index in [9.17, 15) is 0 Å². The van der Waals surface area contributed by atoms with Crippen LogP contribution >= 0.6 is 0 Å². The van der Waals surface area contributed by atoms with Crippen LogP contribution in [0.25, 0.3) is 78.0 Å². The zero-order valence-electron chi connectivity index (χ0n) is 31.0. The lowest BCUT2D eigenvalue weighted by atomic mass is 9.65. The van der Waals surface area contributed by atoms with Gasteiger partial charge in [0, 0.05) is 34.1 Å². The molecule has 12 rings (SSSR count). The summed E-state index contributed by atoms with van der Waals surface area (Å²) >= 11 is 0. The summed E-state index contributed by atoms with van der Waals surface area (Å²) in [4.78, 5) is 15.8. The molecule has 3 nitrogen and oxygen atoms in total. The Morgan fingerprint density at radius 3 is 1.47 bits per heavy atom. The maximum Gasteiger partial charge on any atom is 0.165 e. The molecule has 2 unspecified atom stereocenters. The first-order valence-corrected chi connectivity index (χ1v) is 19.8. The highest BCUT2D eigenvalue weighted by Gasteiger charge is 2.57. The summed E-state index contributed by atoms with van der Waals surface area (Å²) in [5.41, 5.74) is 13.1. The van der Waals surface area contributed by atoms with E-state index >= 15 is 0 Å². The van der Waals surface area contributed by atoms with E-state index < -0.39 is 0 Å². The van der Waals surface area contributed by atoms with Crippen LogP contribution < -0.4 is 0 Å². The van der Waals surface area contributed by atoms with E-state index in [4.69, 9.17) is 15.0 Å². The molecule has 1 heterocycles. The van der Waals surface area contributed by atoms with Crippen LogP contribution in [0.3, 0.4) is 0 Å². The van der Waals surface area contributed by atoms with Crippen molar-refractivity contribution >= 4 is 21.5 Å². The van der Waals surface area contributed by atoms with Gasteiger partial charge in [-0.1, -0.05) is 194 Å². The van der Waals surface area contributed by atoms with Gasteiger partial charge in [-0.2, -0.15) is 0 Å². The summed E-state index contributed by atoms with van der Waals surface area (Å²) in [7, 11) is 0. The van der Waals surface area contributed by atoms with Gasteiger partial charge in [0.15, 0.2) is 17.5 Å². The van der Waals surface area contributed by atoms with Crippen molar-refractivity contribution in [2.24, 2.45) is 5.92 Å². The summed E-state index contributed by atoms with van der Waals surface area (Å²) in [6, 6.07) is 63.6. The van der Waals surface area contributed by atoms with Gasteiger partial charge in [0.05, 0.1) is 5.41 Å². The lowest BCUT2D eigenvalue weighted by molar-refractivity contribution is 0.465. The van der Waals surface area contributed by atoms with Crippen LogP contribution in [0.15, 0.2) is 200 Å². The fraction of sp³-hybridized carbons (Fsp3) is 0.0556. The zero-order valence-corrected chi connectivity index (χ0v) is 31.0. The Morgan fingerprint density at radius 1 is 0.368 bits per heavy atom. The van der Waals surface area contributed by atoms with Crippen molar-refractivity contribution in [3.05, 3.63) is 222 Å². The molecule has 0 saturated carbocycles. The molecule has 1 spiro atoms. The van der Waals surface area contributed by atoms with Crippen molar-refractivity contribution in [2.75, 3.05) is 0 Å². The van der Waals surface area contributed by atoms with Gasteiger partial charge in [-0.15, -0.1) is 0 Å². The average Bonchev–Trinajstić information content (AvgIpc) is 3.76. The third-order valence-corrected chi connectivity index (χ3v) is 12.6. The topological polar surface area (TPSA) is 38.7 Å². The van der Waals surface area contributed by atoms with Gasteiger partial charge in [-0.25, -0.2) is 15.0 Å². The first kappa shape index (κ1) is 32.1. The van der Waals surface area contributed by atoms with E-state index in [0.717, 1.165) is 33.2 Å². The molecule has 57 heavy (non-hydrogen) atoms. The van der Waals surface area contributed by atoms with Crippen LogP contribution in [0.4, 0.5) is 0 Å². The molecule has 2 atom stereocenters. The second-order valence-electron chi connectivity index (χ2n) is 15.4. The normalized spacial score (nSPS) is 16.8. The van der Waals surface area contributed by atoms with Gasteiger partial charge >= 0.3 is 0 Å². The third-order valence-electron chi connectivity index (χ3n) is 12.6. The minimum absolute atomic E-state index is 0.246. The van der Waals surface area contributed by atoms with Crippen LogP contribution in [0.1, 0.15) is 28.2 Å². The van der Waals surface area contributed by atoms with Crippen molar-refractivity contribution < 1.29 is 0 Å². The molecule has 3 heteroatoms. The zero-order chi connectivity index (χ0) is 37.5. The van der Waals surface area contributed by atoms with Crippen molar-refractivity contribution in [1.29, 1.82) is 0 Å². The molecule has 3 aliphatic carbocycles. The molecular formula is C54H35N3. The van der Waals surface area contributed by atoms with Crippen molar-refractivity contribution in [2.45, 2.75) is 11.3 Å². The summed E-state index contributed by atoms with van der Waals surface area (Å²) < 4.78 is 0. The molecule has 3 aliphatic rings. The number of hydrogen-bond donors (Lipinski definition) is 0. The second-order valence-corrected chi connectivity index (χ2v) is 15.4. The molecule has 1 aromatic heterocycles. The van der Waals surface area contributed by atoms with Gasteiger partial charge in [0.1, 0.15) is 0 Å². The van der Waals surface area contributed by atoms with E-state index in [1.165, 1.54) is 49.5 Å². The van der Waals surface area contributed by atoms with Crippen LogP contribution in [0, 0.1) is 5.92 Å². The fourth-order valence-corrected chi connectivity index (χ4v) is 10.4. The first-order valence-electron chi connectivity index (χ1n) is 19.8. The molecule has 0 amide bonds. The lowest BCUT2D eigenvalue weighted by Gasteiger charge is -2.36. The Kier molecular flexibility index (Phi) is 6.97. The molecule has 0 saturated heterocycles. The van der Waals surface area contributed by atoms with E-state index in [1.54, 1.807) is 0 Å². The smallest absolute Gasteiger partial charge is 0.165 e. The van der Waals surface area contributed by atoms with Gasteiger partial charge in [0.2, 0.25) is 0 Å². The van der Waals surface area contributed by atoms with Gasteiger partial charge < -0.3 is 0 Å². The quantitative estimate of drug-likeness (QED) is 0.170.